The van der Waals surface area contributed by atoms with E-state index in [0.717, 1.165) is 48.0 Å². The summed E-state index contributed by atoms with van der Waals surface area (Å²) < 4.78 is 7.37. The monoisotopic (exact) mass is 278 g/mol. The van der Waals surface area contributed by atoms with Crippen molar-refractivity contribution in [2.75, 3.05) is 6.61 Å². The van der Waals surface area contributed by atoms with E-state index in [9.17, 15) is 0 Å². The second kappa shape index (κ2) is 5.23. The predicted octanol–water partition coefficient (Wildman–Crippen LogP) is 3.44. The highest BCUT2D eigenvalue weighted by atomic mass is 35.5. The number of hydrogen-bond acceptors (Lipinski definition) is 3. The Labute approximate surface area is 115 Å². The minimum Gasteiger partial charge on any atom is -0.396 e. The van der Waals surface area contributed by atoms with Crippen molar-refractivity contribution in [2.24, 2.45) is 0 Å². The van der Waals surface area contributed by atoms with Crippen molar-refractivity contribution >= 4 is 28.2 Å². The third-order valence-corrected chi connectivity index (χ3v) is 3.43. The van der Waals surface area contributed by atoms with Crippen LogP contribution in [0.2, 0.25) is 5.02 Å². The van der Waals surface area contributed by atoms with Crippen LogP contribution in [-0.2, 0) is 6.42 Å². The van der Waals surface area contributed by atoms with E-state index in [4.69, 9.17) is 21.2 Å². The van der Waals surface area contributed by atoms with E-state index in [1.807, 2.05) is 18.3 Å². The van der Waals surface area contributed by atoms with Gasteiger partial charge in [0.05, 0.1) is 17.3 Å². The third-order valence-electron chi connectivity index (χ3n) is 3.20. The minimum atomic E-state index is 0.261. The highest BCUT2D eigenvalue weighted by Gasteiger charge is 2.10. The number of hydrogen-bond donors (Lipinski definition) is 1. The van der Waals surface area contributed by atoms with E-state index in [1.54, 1.807) is 10.6 Å². The number of imidazole rings is 1. The Morgan fingerprint density at radius 2 is 2.16 bits per heavy atom. The molecule has 0 radical (unpaired) electrons. The van der Waals surface area contributed by atoms with Gasteiger partial charge < -0.3 is 9.63 Å². The van der Waals surface area contributed by atoms with Crippen molar-refractivity contribution in [2.45, 2.75) is 25.7 Å². The number of halogens is 1. The topological polar surface area (TPSA) is 50.7 Å². The molecule has 0 unspecified atom stereocenters. The van der Waals surface area contributed by atoms with Crippen LogP contribution in [0.4, 0.5) is 0 Å². The number of nitrogens with zero attached hydrogens (tertiary/aromatic N) is 2. The molecule has 2 aromatic heterocycles. The number of aryl methyl sites for hydroxylation is 1. The van der Waals surface area contributed by atoms with E-state index in [2.05, 4.69) is 4.98 Å². The van der Waals surface area contributed by atoms with Gasteiger partial charge in [-0.25, -0.2) is 4.98 Å². The van der Waals surface area contributed by atoms with Crippen LogP contribution in [0.5, 0.6) is 0 Å². The number of aliphatic hydroxyl groups is 1. The quantitative estimate of drug-likeness (QED) is 0.727. The molecule has 19 heavy (non-hydrogen) atoms. The molecule has 0 atom stereocenters. The van der Waals surface area contributed by atoms with Crippen molar-refractivity contribution in [1.29, 1.82) is 0 Å². The fourth-order valence-electron chi connectivity index (χ4n) is 2.24. The standard InChI is InChI=1S/C14H15ClN2O2/c15-10-5-6-12-13(8-10)19-17-9-11(16-14(12)17)4-2-1-3-7-18/h5-6,8-9,18H,1-4,7H2. The Morgan fingerprint density at radius 3 is 3.00 bits per heavy atom. The zero-order chi connectivity index (χ0) is 13.2. The summed E-state index contributed by atoms with van der Waals surface area (Å²) in [6, 6.07) is 5.57. The minimum absolute atomic E-state index is 0.261. The lowest BCUT2D eigenvalue weighted by molar-refractivity contribution is 0.283. The van der Waals surface area contributed by atoms with E-state index < -0.39 is 0 Å². The Bertz CT molecular complexity index is 702. The molecule has 1 N–H and O–H groups in total. The van der Waals surface area contributed by atoms with Crippen molar-refractivity contribution < 1.29 is 9.63 Å². The zero-order valence-corrected chi connectivity index (χ0v) is 11.2. The molecular formula is C14H15ClN2O2. The average Bonchev–Trinajstić information content (AvgIpc) is 2.91. The molecule has 0 saturated carbocycles. The Hall–Kier alpha value is -1.52. The number of aromatic nitrogens is 2. The van der Waals surface area contributed by atoms with Crippen LogP contribution in [0.15, 0.2) is 28.9 Å². The molecule has 0 aliphatic carbocycles. The van der Waals surface area contributed by atoms with Gasteiger partial charge >= 0.3 is 0 Å². The van der Waals surface area contributed by atoms with Gasteiger partial charge in [-0.1, -0.05) is 18.0 Å². The summed E-state index contributed by atoms with van der Waals surface area (Å²) in [5.74, 6) is 0. The van der Waals surface area contributed by atoms with Gasteiger partial charge in [0, 0.05) is 17.7 Å². The maximum atomic E-state index is 8.74. The van der Waals surface area contributed by atoms with Crippen LogP contribution < -0.4 is 0 Å². The molecule has 0 aliphatic heterocycles. The molecule has 2 heterocycles. The average molecular weight is 279 g/mol. The molecule has 3 rings (SSSR count). The Balaban J connectivity index is 1.85. The molecule has 0 saturated heterocycles. The lowest BCUT2D eigenvalue weighted by Crippen LogP contribution is -1.88. The predicted molar refractivity (Wildman–Crippen MR) is 74.6 cm³/mol. The first kappa shape index (κ1) is 12.5. The van der Waals surface area contributed by atoms with Gasteiger partial charge in [-0.3, -0.25) is 0 Å². The summed E-state index contributed by atoms with van der Waals surface area (Å²) in [6.07, 6.45) is 5.73. The molecule has 1 aromatic carbocycles. The lowest BCUT2D eigenvalue weighted by atomic mass is 10.2. The van der Waals surface area contributed by atoms with Gasteiger partial charge in [-0.05, 0) is 31.4 Å². The Kier molecular flexibility index (Phi) is 3.44. The van der Waals surface area contributed by atoms with Gasteiger partial charge in [0.25, 0.3) is 0 Å². The van der Waals surface area contributed by atoms with Crippen LogP contribution in [-0.4, -0.2) is 21.3 Å². The third kappa shape index (κ3) is 2.46. The van der Waals surface area contributed by atoms with E-state index in [-0.39, 0.29) is 6.61 Å². The van der Waals surface area contributed by atoms with Crippen LogP contribution in [0, 0.1) is 0 Å². The van der Waals surface area contributed by atoms with Gasteiger partial charge in [-0.2, -0.15) is 4.57 Å². The van der Waals surface area contributed by atoms with Gasteiger partial charge in [0.2, 0.25) is 0 Å². The van der Waals surface area contributed by atoms with Crippen molar-refractivity contribution in [1.82, 2.24) is 9.56 Å². The van der Waals surface area contributed by atoms with E-state index in [1.165, 1.54) is 0 Å². The normalized spacial score (nSPS) is 11.7. The smallest absolute Gasteiger partial charge is 0.180 e. The lowest BCUT2D eigenvalue weighted by Gasteiger charge is -1.95. The molecular weight excluding hydrogens is 264 g/mol. The van der Waals surface area contributed by atoms with Crippen LogP contribution >= 0.6 is 11.6 Å². The Morgan fingerprint density at radius 1 is 1.26 bits per heavy atom. The summed E-state index contributed by atoms with van der Waals surface area (Å²) in [6.45, 7) is 0.261. The number of aliphatic hydroxyl groups excluding tert-OH is 1. The van der Waals surface area contributed by atoms with Crippen LogP contribution in [0.1, 0.15) is 25.0 Å². The summed E-state index contributed by atoms with van der Waals surface area (Å²) in [4.78, 5) is 4.59. The largest absolute Gasteiger partial charge is 0.396 e. The first-order valence-electron chi connectivity index (χ1n) is 6.45. The fraction of sp³-hybridized carbons (Fsp3) is 0.357. The zero-order valence-electron chi connectivity index (χ0n) is 10.5. The molecule has 100 valence electrons. The summed E-state index contributed by atoms with van der Waals surface area (Å²) >= 11 is 5.93. The van der Waals surface area contributed by atoms with Crippen LogP contribution in [0.25, 0.3) is 16.6 Å². The van der Waals surface area contributed by atoms with Gasteiger partial charge in [0.15, 0.2) is 11.2 Å². The second-order valence-electron chi connectivity index (χ2n) is 4.65. The van der Waals surface area contributed by atoms with E-state index in [0.29, 0.717) is 5.02 Å². The maximum Gasteiger partial charge on any atom is 0.180 e. The summed E-state index contributed by atoms with van der Waals surface area (Å²) in [5, 5.41) is 10.4. The molecule has 3 aromatic rings. The summed E-state index contributed by atoms with van der Waals surface area (Å²) in [7, 11) is 0. The first-order valence-corrected chi connectivity index (χ1v) is 6.83. The van der Waals surface area contributed by atoms with Gasteiger partial charge in [0.1, 0.15) is 0 Å². The van der Waals surface area contributed by atoms with Crippen LogP contribution in [0.3, 0.4) is 0 Å². The van der Waals surface area contributed by atoms with E-state index >= 15 is 0 Å². The molecule has 0 bridgehead atoms. The summed E-state index contributed by atoms with van der Waals surface area (Å²) in [5.41, 5.74) is 2.61. The number of benzene rings is 1. The van der Waals surface area contributed by atoms with Crippen molar-refractivity contribution in [3.05, 3.63) is 35.1 Å². The SMILES string of the molecule is OCCCCCc1cn2oc3cc(Cl)ccc3c2n1. The molecule has 4 nitrogen and oxygen atoms in total. The molecule has 0 fully saturated rings. The van der Waals surface area contributed by atoms with Gasteiger partial charge in [-0.15, -0.1) is 0 Å². The molecule has 5 heteroatoms. The highest BCUT2D eigenvalue weighted by Crippen LogP contribution is 2.25. The first-order chi connectivity index (χ1) is 9.28. The van der Waals surface area contributed by atoms with Crippen molar-refractivity contribution in [3.63, 3.8) is 0 Å². The molecule has 0 amide bonds. The van der Waals surface area contributed by atoms with Crippen molar-refractivity contribution in [3.8, 4) is 0 Å². The molecule has 0 spiro atoms. The molecule has 0 aliphatic rings. The number of rotatable bonds is 5. The number of fused-ring (bicyclic) bond motifs is 3. The second-order valence-corrected chi connectivity index (χ2v) is 5.08. The fourth-order valence-corrected chi connectivity index (χ4v) is 2.40. The maximum absolute atomic E-state index is 8.74. The number of unbranched alkanes of at least 4 members (excludes halogenated alkanes) is 2. The highest BCUT2D eigenvalue weighted by molar-refractivity contribution is 6.31.